The van der Waals surface area contributed by atoms with Crippen LogP contribution in [0.2, 0.25) is 0 Å². The molecule has 7 nitrogen and oxygen atoms in total. The second kappa shape index (κ2) is 6.44. The summed E-state index contributed by atoms with van der Waals surface area (Å²) < 4.78 is 5.24. The zero-order chi connectivity index (χ0) is 17.2. The number of benzene rings is 1. The predicted molar refractivity (Wildman–Crippen MR) is 87.8 cm³/mol. The third kappa shape index (κ3) is 4.58. The Balaban J connectivity index is 2.04. The van der Waals surface area contributed by atoms with Gasteiger partial charge in [0, 0.05) is 19.2 Å². The molecule has 1 atom stereocenters. The van der Waals surface area contributed by atoms with Gasteiger partial charge in [0.15, 0.2) is 0 Å². The van der Waals surface area contributed by atoms with E-state index < -0.39 is 11.7 Å². The molecule has 2 rings (SSSR count). The molecular formula is C16H23N3O4. The Morgan fingerprint density at radius 1 is 1.43 bits per heavy atom. The fourth-order valence-corrected chi connectivity index (χ4v) is 2.61. The topological polar surface area (TPSA) is 84.7 Å². The number of amides is 1. The number of nitro benzene ring substituents is 1. The molecule has 1 N–H and O–H groups in total. The maximum Gasteiger partial charge on any atom is 0.407 e. The molecule has 1 saturated heterocycles. The van der Waals surface area contributed by atoms with Crippen molar-refractivity contribution in [1.82, 2.24) is 5.32 Å². The minimum atomic E-state index is -0.544. The van der Waals surface area contributed by atoms with E-state index in [1.807, 2.05) is 38.7 Å². The summed E-state index contributed by atoms with van der Waals surface area (Å²) in [6, 6.07) is 4.99. The number of hydrogen-bond donors (Lipinski definition) is 1. The van der Waals surface area contributed by atoms with Crippen LogP contribution in [-0.2, 0) is 4.74 Å². The van der Waals surface area contributed by atoms with Crippen LogP contribution in [0.4, 0.5) is 16.2 Å². The molecule has 1 aliphatic heterocycles. The smallest absolute Gasteiger partial charge is 0.407 e. The summed E-state index contributed by atoms with van der Waals surface area (Å²) in [4.78, 5) is 24.6. The molecule has 0 aliphatic carbocycles. The average Bonchev–Trinajstić information content (AvgIpc) is 2.84. The summed E-state index contributed by atoms with van der Waals surface area (Å²) in [7, 11) is 0. The van der Waals surface area contributed by atoms with Gasteiger partial charge in [-0.05, 0) is 45.7 Å². The van der Waals surface area contributed by atoms with E-state index in [4.69, 9.17) is 4.74 Å². The minimum Gasteiger partial charge on any atom is -0.444 e. The maximum atomic E-state index is 11.8. The highest BCUT2D eigenvalue weighted by Crippen LogP contribution is 2.31. The van der Waals surface area contributed by atoms with Crippen LogP contribution in [0.25, 0.3) is 0 Å². The molecule has 1 aromatic rings. The maximum absolute atomic E-state index is 11.8. The number of carbonyl (C=O) groups is 1. The molecule has 1 aliphatic rings. The first-order chi connectivity index (χ1) is 10.7. The van der Waals surface area contributed by atoms with Gasteiger partial charge in [0.2, 0.25) is 0 Å². The van der Waals surface area contributed by atoms with Crippen molar-refractivity contribution in [3.05, 3.63) is 33.9 Å². The van der Waals surface area contributed by atoms with Gasteiger partial charge in [-0.15, -0.1) is 0 Å². The number of rotatable bonds is 3. The van der Waals surface area contributed by atoms with Gasteiger partial charge in [-0.2, -0.15) is 0 Å². The molecule has 0 spiro atoms. The molecule has 1 heterocycles. The van der Waals surface area contributed by atoms with Gasteiger partial charge in [-0.25, -0.2) is 4.79 Å². The highest BCUT2D eigenvalue weighted by atomic mass is 16.6. The predicted octanol–water partition coefficient (Wildman–Crippen LogP) is 3.01. The summed E-state index contributed by atoms with van der Waals surface area (Å²) in [5.74, 6) is 0. The summed E-state index contributed by atoms with van der Waals surface area (Å²) in [5, 5.41) is 14.0. The molecule has 0 aromatic heterocycles. The largest absolute Gasteiger partial charge is 0.444 e. The number of alkyl carbamates (subject to hydrolysis) is 1. The van der Waals surface area contributed by atoms with E-state index in [1.165, 1.54) is 6.07 Å². The minimum absolute atomic E-state index is 0.0787. The Bertz CT molecular complexity index is 610. The van der Waals surface area contributed by atoms with Gasteiger partial charge in [0.25, 0.3) is 5.69 Å². The highest BCUT2D eigenvalue weighted by molar-refractivity contribution is 5.69. The standard InChI is InChI=1S/C16H23N3O4/c1-11-5-6-13(19(21)22)14(9-11)18-8-7-12(10-18)17-15(20)23-16(2,3)4/h5-6,9,12H,7-8,10H2,1-4H3,(H,17,20)/t12-/m1/s1. The van der Waals surface area contributed by atoms with Gasteiger partial charge in [-0.1, -0.05) is 6.07 Å². The molecule has 126 valence electrons. The van der Waals surface area contributed by atoms with E-state index in [1.54, 1.807) is 6.07 Å². The fourth-order valence-electron chi connectivity index (χ4n) is 2.61. The summed E-state index contributed by atoms with van der Waals surface area (Å²) in [6.45, 7) is 8.52. The number of carbonyl (C=O) groups excluding carboxylic acids is 1. The number of hydrogen-bond acceptors (Lipinski definition) is 5. The van der Waals surface area contributed by atoms with Crippen LogP contribution in [-0.4, -0.2) is 35.7 Å². The van der Waals surface area contributed by atoms with E-state index in [0.29, 0.717) is 18.8 Å². The van der Waals surface area contributed by atoms with Crippen molar-refractivity contribution < 1.29 is 14.5 Å². The zero-order valence-corrected chi connectivity index (χ0v) is 14.0. The Kier molecular flexibility index (Phi) is 4.77. The monoisotopic (exact) mass is 321 g/mol. The van der Waals surface area contributed by atoms with Crippen LogP contribution in [0.15, 0.2) is 18.2 Å². The number of ether oxygens (including phenoxy) is 1. The number of nitro groups is 1. The summed E-state index contributed by atoms with van der Waals surface area (Å²) >= 11 is 0. The molecule has 1 aromatic carbocycles. The third-order valence-corrected chi connectivity index (χ3v) is 3.58. The fraction of sp³-hybridized carbons (Fsp3) is 0.562. The third-order valence-electron chi connectivity index (χ3n) is 3.58. The van der Waals surface area contributed by atoms with Crippen LogP contribution in [0.1, 0.15) is 32.8 Å². The van der Waals surface area contributed by atoms with E-state index >= 15 is 0 Å². The lowest BCUT2D eigenvalue weighted by Gasteiger charge is -2.22. The van der Waals surface area contributed by atoms with Crippen molar-refractivity contribution >= 4 is 17.5 Å². The van der Waals surface area contributed by atoms with Gasteiger partial charge in [0.05, 0.1) is 11.0 Å². The molecule has 0 unspecified atom stereocenters. The van der Waals surface area contributed by atoms with Crippen molar-refractivity contribution in [2.75, 3.05) is 18.0 Å². The average molecular weight is 321 g/mol. The Morgan fingerprint density at radius 2 is 2.13 bits per heavy atom. The van der Waals surface area contributed by atoms with E-state index in [2.05, 4.69) is 5.32 Å². The van der Waals surface area contributed by atoms with Crippen molar-refractivity contribution in [1.29, 1.82) is 0 Å². The molecule has 0 bridgehead atoms. The van der Waals surface area contributed by atoms with E-state index in [-0.39, 0.29) is 16.7 Å². The van der Waals surface area contributed by atoms with E-state index in [0.717, 1.165) is 12.0 Å². The van der Waals surface area contributed by atoms with Gasteiger partial charge < -0.3 is 15.0 Å². The highest BCUT2D eigenvalue weighted by Gasteiger charge is 2.29. The molecule has 0 saturated carbocycles. The van der Waals surface area contributed by atoms with Crippen LogP contribution in [0, 0.1) is 17.0 Å². The SMILES string of the molecule is Cc1ccc([N+](=O)[O-])c(N2CC[C@@H](NC(=O)OC(C)(C)C)C2)c1. The first kappa shape index (κ1) is 17.1. The number of aryl methyl sites for hydroxylation is 1. The molecule has 0 radical (unpaired) electrons. The molecule has 23 heavy (non-hydrogen) atoms. The van der Waals surface area contributed by atoms with Crippen LogP contribution < -0.4 is 10.2 Å². The molecule has 1 fully saturated rings. The lowest BCUT2D eigenvalue weighted by molar-refractivity contribution is -0.384. The Morgan fingerprint density at radius 3 is 2.74 bits per heavy atom. The normalized spacial score (nSPS) is 17.9. The van der Waals surface area contributed by atoms with Crippen LogP contribution in [0.3, 0.4) is 0 Å². The zero-order valence-electron chi connectivity index (χ0n) is 14.0. The first-order valence-electron chi connectivity index (χ1n) is 7.65. The summed E-state index contributed by atoms with van der Waals surface area (Å²) in [5.41, 5.74) is 1.11. The van der Waals surface area contributed by atoms with Crippen molar-refractivity contribution in [2.45, 2.75) is 45.8 Å². The lowest BCUT2D eigenvalue weighted by Crippen LogP contribution is -2.40. The second-order valence-electron chi connectivity index (χ2n) is 6.83. The van der Waals surface area contributed by atoms with Crippen LogP contribution in [0.5, 0.6) is 0 Å². The Labute approximate surface area is 135 Å². The molecular weight excluding hydrogens is 298 g/mol. The van der Waals surface area contributed by atoms with Gasteiger partial charge >= 0.3 is 6.09 Å². The molecule has 7 heteroatoms. The van der Waals surface area contributed by atoms with Crippen molar-refractivity contribution in [3.63, 3.8) is 0 Å². The van der Waals surface area contributed by atoms with E-state index in [9.17, 15) is 14.9 Å². The second-order valence-corrected chi connectivity index (χ2v) is 6.83. The number of anilines is 1. The van der Waals surface area contributed by atoms with Crippen molar-refractivity contribution in [2.24, 2.45) is 0 Å². The number of nitrogens with zero attached hydrogens (tertiary/aromatic N) is 2. The quantitative estimate of drug-likeness (QED) is 0.683. The number of nitrogens with one attached hydrogen (secondary N) is 1. The first-order valence-corrected chi connectivity index (χ1v) is 7.65. The molecule has 1 amide bonds. The van der Waals surface area contributed by atoms with Crippen LogP contribution >= 0.6 is 0 Å². The van der Waals surface area contributed by atoms with Gasteiger partial charge in [-0.3, -0.25) is 10.1 Å². The summed E-state index contributed by atoms with van der Waals surface area (Å²) in [6.07, 6.45) is 0.271. The van der Waals surface area contributed by atoms with Crippen molar-refractivity contribution in [3.8, 4) is 0 Å². The lowest BCUT2D eigenvalue weighted by atomic mass is 10.2. The van der Waals surface area contributed by atoms with Gasteiger partial charge in [0.1, 0.15) is 11.3 Å². The Hall–Kier alpha value is -2.31.